The summed E-state index contributed by atoms with van der Waals surface area (Å²) >= 11 is 3.52. The lowest BCUT2D eigenvalue weighted by molar-refractivity contribution is 0.0951. The summed E-state index contributed by atoms with van der Waals surface area (Å²) in [6.07, 6.45) is 2.72. The smallest absolute Gasteiger partial charge is 0.255 e. The number of rotatable bonds is 4. The van der Waals surface area contributed by atoms with Gasteiger partial charge in [-0.15, -0.1) is 0 Å². The van der Waals surface area contributed by atoms with Crippen molar-refractivity contribution in [3.63, 3.8) is 0 Å². The van der Waals surface area contributed by atoms with Crippen LogP contribution in [0, 0.1) is 0 Å². The molecule has 1 unspecified atom stereocenters. The van der Waals surface area contributed by atoms with Gasteiger partial charge in [0.2, 0.25) is 0 Å². The minimum absolute atomic E-state index is 0.0293. The van der Waals surface area contributed by atoms with Crippen molar-refractivity contribution >= 4 is 21.8 Å². The molecule has 0 radical (unpaired) electrons. The van der Waals surface area contributed by atoms with Gasteiger partial charge in [0.15, 0.2) is 0 Å². The molecule has 0 spiro atoms. The average Bonchev–Trinajstić information content (AvgIpc) is 2.46. The number of amides is 1. The summed E-state index contributed by atoms with van der Waals surface area (Å²) < 4.78 is 0. The molecule has 1 amide bonds. The van der Waals surface area contributed by atoms with Crippen molar-refractivity contribution in [2.24, 2.45) is 0 Å². The molecule has 0 saturated carbocycles. The van der Waals surface area contributed by atoms with Crippen LogP contribution in [0.2, 0.25) is 0 Å². The first kappa shape index (κ1) is 13.5. The Hall–Kier alpha value is -1.88. The third-order valence-electron chi connectivity index (χ3n) is 2.65. The molecule has 1 heterocycles. The molecular formula is C14H13BrN2O2. The van der Waals surface area contributed by atoms with E-state index >= 15 is 0 Å². The molecule has 1 aromatic carbocycles. The molecule has 4 nitrogen and oxygen atoms in total. The fourth-order valence-corrected chi connectivity index (χ4v) is 2.10. The lowest BCUT2D eigenvalue weighted by atomic mass is 10.1. The second-order valence-corrected chi connectivity index (χ2v) is 5.09. The summed E-state index contributed by atoms with van der Waals surface area (Å²) in [6, 6.07) is 11.3. The van der Waals surface area contributed by atoms with E-state index in [0.717, 1.165) is 5.56 Å². The van der Waals surface area contributed by atoms with Gasteiger partial charge in [-0.25, -0.2) is 0 Å². The molecule has 2 aromatic rings. The van der Waals surface area contributed by atoms with Gasteiger partial charge in [-0.1, -0.05) is 46.3 Å². The highest BCUT2D eigenvalue weighted by molar-refractivity contribution is 9.09. The van der Waals surface area contributed by atoms with Crippen LogP contribution >= 0.6 is 15.9 Å². The van der Waals surface area contributed by atoms with Crippen LogP contribution in [-0.4, -0.2) is 22.5 Å². The third kappa shape index (κ3) is 3.54. The van der Waals surface area contributed by atoms with E-state index < -0.39 is 0 Å². The molecule has 1 atom stereocenters. The number of carbonyl (C=O) groups is 1. The molecule has 1 aromatic heterocycles. The van der Waals surface area contributed by atoms with Crippen LogP contribution in [0.4, 0.5) is 0 Å². The van der Waals surface area contributed by atoms with E-state index in [0.29, 0.717) is 6.54 Å². The maximum Gasteiger partial charge on any atom is 0.255 e. The van der Waals surface area contributed by atoms with Gasteiger partial charge >= 0.3 is 0 Å². The lowest BCUT2D eigenvalue weighted by Crippen LogP contribution is -2.26. The van der Waals surface area contributed by atoms with E-state index in [1.54, 1.807) is 0 Å². The molecule has 2 N–H and O–H groups in total. The van der Waals surface area contributed by atoms with Crippen LogP contribution in [0.1, 0.15) is 20.7 Å². The van der Waals surface area contributed by atoms with Crippen molar-refractivity contribution in [1.29, 1.82) is 0 Å². The molecule has 19 heavy (non-hydrogen) atoms. The van der Waals surface area contributed by atoms with E-state index in [1.807, 2.05) is 30.3 Å². The first-order valence-electron chi connectivity index (χ1n) is 5.78. The molecule has 0 bridgehead atoms. The Morgan fingerprint density at radius 3 is 2.74 bits per heavy atom. The summed E-state index contributed by atoms with van der Waals surface area (Å²) in [4.78, 5) is 15.6. The van der Waals surface area contributed by atoms with E-state index in [4.69, 9.17) is 0 Å². The number of benzene rings is 1. The molecule has 0 aliphatic carbocycles. The predicted molar refractivity (Wildman–Crippen MR) is 76.3 cm³/mol. The number of hydrogen-bond donors (Lipinski definition) is 2. The van der Waals surface area contributed by atoms with Gasteiger partial charge in [0.25, 0.3) is 5.91 Å². The Bertz CT molecular complexity index is 560. The largest absolute Gasteiger partial charge is 0.505 e. The maximum absolute atomic E-state index is 11.9. The van der Waals surface area contributed by atoms with Gasteiger partial charge in [-0.05, 0) is 11.6 Å². The summed E-state index contributed by atoms with van der Waals surface area (Å²) in [5, 5.41) is 12.3. The zero-order chi connectivity index (χ0) is 13.7. The summed E-state index contributed by atoms with van der Waals surface area (Å²) in [7, 11) is 0. The standard InChI is InChI=1S/C14H13BrN2O2/c15-12(10-4-2-1-3-5-10)8-17-14(19)11-6-7-16-9-13(11)18/h1-7,9,12,18H,8H2,(H,17,19). The molecular weight excluding hydrogens is 308 g/mol. The van der Waals surface area contributed by atoms with Crippen LogP contribution < -0.4 is 5.32 Å². The zero-order valence-electron chi connectivity index (χ0n) is 10.1. The number of nitrogens with one attached hydrogen (secondary N) is 1. The molecule has 5 heteroatoms. The van der Waals surface area contributed by atoms with Crippen LogP contribution in [-0.2, 0) is 0 Å². The van der Waals surface area contributed by atoms with Gasteiger partial charge in [0, 0.05) is 12.7 Å². The molecule has 0 aliphatic rings. The minimum atomic E-state index is -0.319. The Morgan fingerprint density at radius 1 is 1.32 bits per heavy atom. The zero-order valence-corrected chi connectivity index (χ0v) is 11.7. The highest BCUT2D eigenvalue weighted by Gasteiger charge is 2.13. The first-order chi connectivity index (χ1) is 9.18. The number of nitrogens with zero attached hydrogens (tertiary/aromatic N) is 1. The summed E-state index contributed by atoms with van der Waals surface area (Å²) in [5.41, 5.74) is 1.31. The van der Waals surface area contributed by atoms with Crippen molar-refractivity contribution in [2.75, 3.05) is 6.54 Å². The molecule has 0 aliphatic heterocycles. The van der Waals surface area contributed by atoms with Crippen LogP contribution in [0.15, 0.2) is 48.8 Å². The van der Waals surface area contributed by atoms with Crippen LogP contribution in [0.25, 0.3) is 0 Å². The molecule has 2 rings (SSSR count). The topological polar surface area (TPSA) is 62.2 Å². The number of carbonyl (C=O) groups excluding carboxylic acids is 1. The van der Waals surface area contributed by atoms with Gasteiger partial charge in [-0.3, -0.25) is 9.78 Å². The first-order valence-corrected chi connectivity index (χ1v) is 6.70. The highest BCUT2D eigenvalue weighted by Crippen LogP contribution is 2.21. The van der Waals surface area contributed by atoms with Crippen molar-refractivity contribution in [3.8, 4) is 5.75 Å². The van der Waals surface area contributed by atoms with Crippen molar-refractivity contribution in [3.05, 3.63) is 59.9 Å². The number of alkyl halides is 1. The van der Waals surface area contributed by atoms with E-state index in [2.05, 4.69) is 26.2 Å². The number of aromatic hydroxyl groups is 1. The van der Waals surface area contributed by atoms with Gasteiger partial charge in [0.05, 0.1) is 16.6 Å². The second-order valence-electron chi connectivity index (χ2n) is 3.98. The number of pyridine rings is 1. The quantitative estimate of drug-likeness (QED) is 0.851. The third-order valence-corrected chi connectivity index (χ3v) is 3.50. The van der Waals surface area contributed by atoms with Gasteiger partial charge < -0.3 is 10.4 Å². The normalized spacial score (nSPS) is 11.8. The monoisotopic (exact) mass is 320 g/mol. The minimum Gasteiger partial charge on any atom is -0.505 e. The molecule has 0 fully saturated rings. The van der Waals surface area contributed by atoms with Crippen LogP contribution in [0.3, 0.4) is 0 Å². The average molecular weight is 321 g/mol. The van der Waals surface area contributed by atoms with Crippen molar-refractivity contribution in [2.45, 2.75) is 4.83 Å². The lowest BCUT2D eigenvalue weighted by Gasteiger charge is -2.12. The predicted octanol–water partition coefficient (Wildman–Crippen LogP) is 2.65. The highest BCUT2D eigenvalue weighted by atomic mass is 79.9. The number of hydrogen-bond acceptors (Lipinski definition) is 3. The van der Waals surface area contributed by atoms with Gasteiger partial charge in [0.1, 0.15) is 5.75 Å². The van der Waals surface area contributed by atoms with E-state index in [1.165, 1.54) is 18.5 Å². The number of aromatic nitrogens is 1. The van der Waals surface area contributed by atoms with Crippen LogP contribution in [0.5, 0.6) is 5.75 Å². The molecule has 0 saturated heterocycles. The van der Waals surface area contributed by atoms with Gasteiger partial charge in [-0.2, -0.15) is 0 Å². The maximum atomic E-state index is 11.9. The number of halogens is 1. The molecule has 98 valence electrons. The van der Waals surface area contributed by atoms with E-state index in [-0.39, 0.29) is 22.0 Å². The Kier molecular flexibility index (Phi) is 4.52. The summed E-state index contributed by atoms with van der Waals surface area (Å²) in [5.74, 6) is -0.439. The Labute approximate surface area is 119 Å². The van der Waals surface area contributed by atoms with Crippen molar-refractivity contribution in [1.82, 2.24) is 10.3 Å². The summed E-state index contributed by atoms with van der Waals surface area (Å²) in [6.45, 7) is 0.435. The Morgan fingerprint density at radius 2 is 2.05 bits per heavy atom. The van der Waals surface area contributed by atoms with E-state index in [9.17, 15) is 9.90 Å². The fraction of sp³-hybridized carbons (Fsp3) is 0.143. The van der Waals surface area contributed by atoms with Crippen molar-refractivity contribution < 1.29 is 9.90 Å². The SMILES string of the molecule is O=C(NCC(Br)c1ccccc1)c1ccncc1O. The fourth-order valence-electron chi connectivity index (χ4n) is 1.64. The Balaban J connectivity index is 1.96. The second kappa shape index (κ2) is 6.33.